The number of amides is 2. The van der Waals surface area contributed by atoms with Crippen LogP contribution in [0, 0.1) is 11.7 Å². The van der Waals surface area contributed by atoms with Crippen molar-refractivity contribution < 1.29 is 19.1 Å². The summed E-state index contributed by atoms with van der Waals surface area (Å²) in [5.41, 5.74) is 0.768. The third-order valence-corrected chi connectivity index (χ3v) is 4.27. The third kappa shape index (κ3) is 5.60. The van der Waals surface area contributed by atoms with Gasteiger partial charge in [0.15, 0.2) is 0 Å². The Labute approximate surface area is 141 Å². The lowest BCUT2D eigenvalue weighted by molar-refractivity contribution is -0.135. The van der Waals surface area contributed by atoms with Crippen molar-refractivity contribution in [2.75, 3.05) is 19.6 Å². The Morgan fingerprint density at radius 2 is 2.08 bits per heavy atom. The fourth-order valence-electron chi connectivity index (χ4n) is 2.85. The predicted molar refractivity (Wildman–Crippen MR) is 88.7 cm³/mol. The van der Waals surface area contributed by atoms with Crippen molar-refractivity contribution in [3.8, 4) is 0 Å². The molecule has 1 aliphatic rings. The summed E-state index contributed by atoms with van der Waals surface area (Å²) < 4.78 is 12.9. The number of hydrogen-bond donors (Lipinski definition) is 2. The maximum atomic E-state index is 12.9. The molecule has 1 heterocycles. The lowest BCUT2D eigenvalue weighted by atomic mass is 9.96. The first-order valence-corrected chi connectivity index (χ1v) is 8.43. The zero-order valence-electron chi connectivity index (χ0n) is 14.0. The van der Waals surface area contributed by atoms with Gasteiger partial charge < -0.3 is 15.3 Å². The van der Waals surface area contributed by atoms with Crippen molar-refractivity contribution >= 4 is 11.8 Å². The molecule has 24 heavy (non-hydrogen) atoms. The molecule has 0 aromatic heterocycles. The Bertz CT molecular complexity index is 560. The maximum absolute atomic E-state index is 12.9. The molecule has 132 valence electrons. The molecule has 0 spiro atoms. The highest BCUT2D eigenvalue weighted by atomic mass is 19.1. The minimum absolute atomic E-state index is 0.0388. The molecule has 1 aliphatic heterocycles. The van der Waals surface area contributed by atoms with E-state index in [4.69, 9.17) is 0 Å². The van der Waals surface area contributed by atoms with Crippen LogP contribution in [-0.4, -0.2) is 47.6 Å². The molecule has 2 amide bonds. The van der Waals surface area contributed by atoms with E-state index in [1.54, 1.807) is 24.0 Å². The smallest absolute Gasteiger partial charge is 0.227 e. The van der Waals surface area contributed by atoms with Crippen LogP contribution < -0.4 is 5.32 Å². The fourth-order valence-corrected chi connectivity index (χ4v) is 2.85. The molecule has 2 N–H and O–H groups in total. The second-order valence-corrected chi connectivity index (χ2v) is 6.41. The number of halogens is 1. The Kier molecular flexibility index (Phi) is 6.73. The number of aliphatic hydroxyl groups excluding tert-OH is 1. The monoisotopic (exact) mass is 336 g/mol. The lowest BCUT2D eigenvalue weighted by Crippen LogP contribution is -2.46. The summed E-state index contributed by atoms with van der Waals surface area (Å²) in [6.07, 6.45) is 1.86. The predicted octanol–water partition coefficient (Wildman–Crippen LogP) is 1.49. The van der Waals surface area contributed by atoms with Gasteiger partial charge in [-0.1, -0.05) is 12.1 Å². The summed E-state index contributed by atoms with van der Waals surface area (Å²) in [6.45, 7) is 3.19. The molecule has 1 saturated heterocycles. The largest absolute Gasteiger partial charge is 0.393 e. The normalized spacial score (nSPS) is 19.0. The first-order valence-electron chi connectivity index (χ1n) is 8.43. The van der Waals surface area contributed by atoms with Gasteiger partial charge in [-0.2, -0.15) is 0 Å². The molecule has 5 nitrogen and oxygen atoms in total. The number of nitrogens with one attached hydrogen (secondary N) is 1. The van der Waals surface area contributed by atoms with Gasteiger partial charge in [0.2, 0.25) is 11.8 Å². The van der Waals surface area contributed by atoms with Crippen LogP contribution in [0.25, 0.3) is 0 Å². The van der Waals surface area contributed by atoms with Crippen LogP contribution in [0.2, 0.25) is 0 Å². The van der Waals surface area contributed by atoms with Crippen molar-refractivity contribution in [1.82, 2.24) is 10.2 Å². The molecule has 6 heteroatoms. The molecule has 0 aliphatic carbocycles. The zero-order valence-corrected chi connectivity index (χ0v) is 14.0. The Hall–Kier alpha value is -1.95. The van der Waals surface area contributed by atoms with Gasteiger partial charge in [-0.15, -0.1) is 0 Å². The number of nitrogens with zero attached hydrogens (tertiary/aromatic N) is 1. The van der Waals surface area contributed by atoms with E-state index in [-0.39, 0.29) is 30.0 Å². The minimum atomic E-state index is -0.439. The highest BCUT2D eigenvalue weighted by molar-refractivity contribution is 5.82. The number of likely N-dealkylation sites (tertiary alicyclic amines) is 1. The molecular formula is C18H25FN2O3. The summed E-state index contributed by atoms with van der Waals surface area (Å²) in [6, 6.07) is 5.91. The van der Waals surface area contributed by atoms with Crippen molar-refractivity contribution in [2.45, 2.75) is 38.7 Å². The van der Waals surface area contributed by atoms with Gasteiger partial charge in [0, 0.05) is 19.6 Å². The maximum Gasteiger partial charge on any atom is 0.227 e. The van der Waals surface area contributed by atoms with E-state index in [1.165, 1.54) is 12.1 Å². The van der Waals surface area contributed by atoms with Gasteiger partial charge in [-0.25, -0.2) is 4.39 Å². The van der Waals surface area contributed by atoms with Crippen LogP contribution in [-0.2, 0) is 16.0 Å². The Balaban J connectivity index is 1.84. The first kappa shape index (κ1) is 18.4. The van der Waals surface area contributed by atoms with E-state index < -0.39 is 6.10 Å². The van der Waals surface area contributed by atoms with Gasteiger partial charge in [0.05, 0.1) is 18.4 Å². The second-order valence-electron chi connectivity index (χ2n) is 6.41. The van der Waals surface area contributed by atoms with Crippen LogP contribution >= 0.6 is 0 Å². The van der Waals surface area contributed by atoms with Crippen LogP contribution in [0.5, 0.6) is 0 Å². The van der Waals surface area contributed by atoms with Gasteiger partial charge in [-0.05, 0) is 43.9 Å². The topological polar surface area (TPSA) is 69.6 Å². The number of hydrogen-bond acceptors (Lipinski definition) is 3. The van der Waals surface area contributed by atoms with Gasteiger partial charge in [0.1, 0.15) is 5.82 Å². The fraction of sp³-hybridized carbons (Fsp3) is 0.556. The number of aliphatic hydroxyl groups is 1. The summed E-state index contributed by atoms with van der Waals surface area (Å²) in [5, 5.41) is 12.0. The lowest BCUT2D eigenvalue weighted by Gasteiger charge is -2.32. The highest BCUT2D eigenvalue weighted by Crippen LogP contribution is 2.18. The average Bonchev–Trinajstić information content (AvgIpc) is 2.56. The summed E-state index contributed by atoms with van der Waals surface area (Å²) in [7, 11) is 0. The zero-order chi connectivity index (χ0) is 17.5. The van der Waals surface area contributed by atoms with E-state index in [0.29, 0.717) is 26.1 Å². The standard InChI is InChI=1S/C18H25FN2O3/c1-13(22)8-9-20-18(24)15-3-2-10-21(12-15)17(23)11-14-4-6-16(19)7-5-14/h4-7,13,15,22H,2-3,8-12H2,1H3,(H,20,24). The molecule has 1 aromatic carbocycles. The van der Waals surface area contributed by atoms with E-state index in [9.17, 15) is 19.1 Å². The number of piperidine rings is 1. The van der Waals surface area contributed by atoms with E-state index in [1.807, 2.05) is 0 Å². The molecule has 2 rings (SSSR count). The van der Waals surface area contributed by atoms with Crippen molar-refractivity contribution in [1.29, 1.82) is 0 Å². The van der Waals surface area contributed by atoms with E-state index in [2.05, 4.69) is 5.32 Å². The molecule has 2 atom stereocenters. The number of benzene rings is 1. The SMILES string of the molecule is CC(O)CCNC(=O)C1CCCN(C(=O)Cc2ccc(F)cc2)C1. The van der Waals surface area contributed by atoms with Crippen LogP contribution in [0.4, 0.5) is 4.39 Å². The molecular weight excluding hydrogens is 311 g/mol. The van der Waals surface area contributed by atoms with Crippen molar-refractivity contribution in [3.63, 3.8) is 0 Å². The van der Waals surface area contributed by atoms with Crippen molar-refractivity contribution in [3.05, 3.63) is 35.6 Å². The molecule has 1 aromatic rings. The average molecular weight is 336 g/mol. The summed E-state index contributed by atoms with van der Waals surface area (Å²) in [5.74, 6) is -0.624. The molecule has 0 saturated carbocycles. The van der Waals surface area contributed by atoms with Crippen LogP contribution in [0.3, 0.4) is 0 Å². The Morgan fingerprint density at radius 1 is 1.38 bits per heavy atom. The van der Waals surface area contributed by atoms with Crippen LogP contribution in [0.15, 0.2) is 24.3 Å². The minimum Gasteiger partial charge on any atom is -0.393 e. The summed E-state index contributed by atoms with van der Waals surface area (Å²) in [4.78, 5) is 26.3. The molecule has 2 unspecified atom stereocenters. The number of rotatable bonds is 6. The quantitative estimate of drug-likeness (QED) is 0.827. The molecule has 0 bridgehead atoms. The van der Waals surface area contributed by atoms with Gasteiger partial charge in [0.25, 0.3) is 0 Å². The van der Waals surface area contributed by atoms with E-state index >= 15 is 0 Å². The van der Waals surface area contributed by atoms with Crippen LogP contribution in [0.1, 0.15) is 31.7 Å². The number of carbonyl (C=O) groups excluding carboxylic acids is 2. The van der Waals surface area contributed by atoms with Gasteiger partial charge >= 0.3 is 0 Å². The second kappa shape index (κ2) is 8.78. The summed E-state index contributed by atoms with van der Waals surface area (Å²) >= 11 is 0. The van der Waals surface area contributed by atoms with Gasteiger partial charge in [-0.3, -0.25) is 9.59 Å². The Morgan fingerprint density at radius 3 is 2.75 bits per heavy atom. The highest BCUT2D eigenvalue weighted by Gasteiger charge is 2.28. The third-order valence-electron chi connectivity index (χ3n) is 4.27. The number of carbonyl (C=O) groups is 2. The van der Waals surface area contributed by atoms with E-state index in [0.717, 1.165) is 18.4 Å². The first-order chi connectivity index (χ1) is 11.5. The van der Waals surface area contributed by atoms with Crippen molar-refractivity contribution in [2.24, 2.45) is 5.92 Å². The molecule has 1 fully saturated rings. The molecule has 0 radical (unpaired) electrons.